The summed E-state index contributed by atoms with van der Waals surface area (Å²) in [5.41, 5.74) is 5.35. The van der Waals surface area contributed by atoms with Crippen LogP contribution in [0.25, 0.3) is 0 Å². The average molecular weight is 316 g/mol. The first-order valence-electron chi connectivity index (χ1n) is 6.81. The van der Waals surface area contributed by atoms with Gasteiger partial charge in [0.15, 0.2) is 0 Å². The van der Waals surface area contributed by atoms with Crippen LogP contribution in [0.4, 0.5) is 5.69 Å². The minimum Gasteiger partial charge on any atom is -0.381 e. The third-order valence-corrected chi connectivity index (χ3v) is 4.16. The van der Waals surface area contributed by atoms with Crippen LogP contribution in [0.2, 0.25) is 0 Å². The molecule has 0 bridgehead atoms. The van der Waals surface area contributed by atoms with E-state index in [0.717, 1.165) is 16.9 Å². The van der Waals surface area contributed by atoms with Crippen molar-refractivity contribution >= 4 is 21.6 Å². The molecule has 3 rings (SSSR count). The number of nitrogens with one attached hydrogen (secondary N) is 1. The minimum absolute atomic E-state index is 0.828. The van der Waals surface area contributed by atoms with Gasteiger partial charge in [-0.3, -0.25) is 0 Å². The molecule has 19 heavy (non-hydrogen) atoms. The second-order valence-electron chi connectivity index (χ2n) is 5.33. The summed E-state index contributed by atoms with van der Waals surface area (Å²) in [4.78, 5) is 0. The molecule has 0 amide bonds. The van der Waals surface area contributed by atoms with Gasteiger partial charge in [-0.15, -0.1) is 0 Å². The van der Waals surface area contributed by atoms with Crippen molar-refractivity contribution < 1.29 is 0 Å². The summed E-state index contributed by atoms with van der Waals surface area (Å²) in [5, 5.41) is 3.52. The van der Waals surface area contributed by atoms with Gasteiger partial charge in [-0.05, 0) is 60.6 Å². The Morgan fingerprint density at radius 2 is 2.00 bits per heavy atom. The summed E-state index contributed by atoms with van der Waals surface area (Å²) >= 11 is 3.50. The van der Waals surface area contributed by atoms with Crippen LogP contribution in [0, 0.1) is 6.92 Å². The fraction of sp³-hybridized carbons (Fsp3) is 0.294. The smallest absolute Gasteiger partial charge is 0.0400 e. The maximum Gasteiger partial charge on any atom is 0.0400 e. The Balaban J connectivity index is 1.69. The molecule has 0 spiro atoms. The topological polar surface area (TPSA) is 12.0 Å². The van der Waals surface area contributed by atoms with Crippen molar-refractivity contribution in [1.29, 1.82) is 0 Å². The molecule has 2 aromatic carbocycles. The molecule has 0 heterocycles. The molecule has 1 fully saturated rings. The van der Waals surface area contributed by atoms with Crippen molar-refractivity contribution in [3.63, 3.8) is 0 Å². The molecule has 1 nitrogen and oxygen atoms in total. The molecular formula is C17H18BrN. The van der Waals surface area contributed by atoms with Crippen LogP contribution in [0.15, 0.2) is 46.9 Å². The summed E-state index contributed by atoms with van der Waals surface area (Å²) in [6.07, 6.45) is 2.73. The van der Waals surface area contributed by atoms with E-state index < -0.39 is 0 Å². The first-order chi connectivity index (χ1) is 9.22. The van der Waals surface area contributed by atoms with E-state index >= 15 is 0 Å². The van der Waals surface area contributed by atoms with Gasteiger partial charge >= 0.3 is 0 Å². The predicted molar refractivity (Wildman–Crippen MR) is 84.6 cm³/mol. The van der Waals surface area contributed by atoms with Gasteiger partial charge in [-0.25, -0.2) is 0 Å². The Morgan fingerprint density at radius 3 is 2.74 bits per heavy atom. The molecule has 0 aromatic heterocycles. The van der Waals surface area contributed by atoms with Gasteiger partial charge in [-0.1, -0.05) is 40.2 Å². The average Bonchev–Trinajstić information content (AvgIpc) is 3.22. The number of benzene rings is 2. The molecule has 2 heteroatoms. The zero-order valence-electron chi connectivity index (χ0n) is 11.1. The lowest BCUT2D eigenvalue weighted by molar-refractivity contribution is 1.08. The molecule has 98 valence electrons. The van der Waals surface area contributed by atoms with Crippen LogP contribution in [-0.4, -0.2) is 0 Å². The van der Waals surface area contributed by atoms with Crippen LogP contribution in [0.1, 0.15) is 35.4 Å². The van der Waals surface area contributed by atoms with Gasteiger partial charge in [0.25, 0.3) is 0 Å². The Morgan fingerprint density at radius 1 is 1.16 bits per heavy atom. The monoisotopic (exact) mass is 315 g/mol. The van der Waals surface area contributed by atoms with Gasteiger partial charge in [-0.2, -0.15) is 0 Å². The van der Waals surface area contributed by atoms with E-state index in [4.69, 9.17) is 0 Å². The number of rotatable bonds is 4. The number of halogens is 1. The summed E-state index contributed by atoms with van der Waals surface area (Å²) < 4.78 is 1.13. The first kappa shape index (κ1) is 12.7. The van der Waals surface area contributed by atoms with E-state index in [0.29, 0.717) is 0 Å². The predicted octanol–water partition coefficient (Wildman–Crippen LogP) is 5.25. The molecular weight excluding hydrogens is 298 g/mol. The molecule has 1 N–H and O–H groups in total. The molecule has 1 saturated carbocycles. The number of anilines is 1. The Kier molecular flexibility index (Phi) is 3.61. The summed E-state index contributed by atoms with van der Waals surface area (Å²) in [5.74, 6) is 0.828. The standard InChI is InChI=1S/C17H18BrN/c1-12-9-16(18)7-8-17(12)19-11-13-3-2-4-15(10-13)14-5-6-14/h2-4,7-10,14,19H,5-6,11H2,1H3. The SMILES string of the molecule is Cc1cc(Br)ccc1NCc1cccc(C2CC2)c1. The van der Waals surface area contributed by atoms with E-state index in [-0.39, 0.29) is 0 Å². The van der Waals surface area contributed by atoms with Crippen LogP contribution >= 0.6 is 15.9 Å². The van der Waals surface area contributed by atoms with E-state index in [1.807, 2.05) is 0 Å². The van der Waals surface area contributed by atoms with E-state index in [9.17, 15) is 0 Å². The highest BCUT2D eigenvalue weighted by Crippen LogP contribution is 2.40. The van der Waals surface area contributed by atoms with Gasteiger partial charge in [0.05, 0.1) is 0 Å². The summed E-state index contributed by atoms with van der Waals surface area (Å²) in [6.45, 7) is 3.02. The minimum atomic E-state index is 0.828. The first-order valence-corrected chi connectivity index (χ1v) is 7.60. The zero-order valence-corrected chi connectivity index (χ0v) is 12.7. The fourth-order valence-electron chi connectivity index (χ4n) is 2.40. The number of hydrogen-bond donors (Lipinski definition) is 1. The van der Waals surface area contributed by atoms with Crippen molar-refractivity contribution in [2.45, 2.75) is 32.2 Å². The Bertz CT molecular complexity index is 588. The zero-order chi connectivity index (χ0) is 13.2. The molecule has 1 aliphatic rings. The van der Waals surface area contributed by atoms with Gasteiger partial charge in [0.1, 0.15) is 0 Å². The molecule has 2 aromatic rings. The lowest BCUT2D eigenvalue weighted by Crippen LogP contribution is -2.01. The molecule has 0 aliphatic heterocycles. The molecule has 1 aliphatic carbocycles. The molecule has 0 radical (unpaired) electrons. The third-order valence-electron chi connectivity index (χ3n) is 3.67. The van der Waals surface area contributed by atoms with Crippen molar-refractivity contribution in [2.24, 2.45) is 0 Å². The second kappa shape index (κ2) is 5.38. The van der Waals surface area contributed by atoms with Crippen molar-refractivity contribution in [2.75, 3.05) is 5.32 Å². The largest absolute Gasteiger partial charge is 0.381 e. The quantitative estimate of drug-likeness (QED) is 0.812. The van der Waals surface area contributed by atoms with Crippen molar-refractivity contribution in [3.8, 4) is 0 Å². The summed E-state index contributed by atoms with van der Waals surface area (Å²) in [6, 6.07) is 15.3. The lowest BCUT2D eigenvalue weighted by atomic mass is 10.1. The molecule has 0 saturated heterocycles. The summed E-state index contributed by atoms with van der Waals surface area (Å²) in [7, 11) is 0. The Labute approximate surface area is 123 Å². The van der Waals surface area contributed by atoms with E-state index in [2.05, 4.69) is 70.6 Å². The fourth-order valence-corrected chi connectivity index (χ4v) is 2.87. The van der Waals surface area contributed by atoms with Crippen LogP contribution in [0.3, 0.4) is 0 Å². The van der Waals surface area contributed by atoms with E-state index in [1.165, 1.54) is 35.2 Å². The normalized spacial score (nSPS) is 14.4. The van der Waals surface area contributed by atoms with Crippen LogP contribution in [-0.2, 0) is 6.54 Å². The van der Waals surface area contributed by atoms with Gasteiger partial charge < -0.3 is 5.32 Å². The van der Waals surface area contributed by atoms with Crippen molar-refractivity contribution in [3.05, 3.63) is 63.6 Å². The highest BCUT2D eigenvalue weighted by Gasteiger charge is 2.23. The maximum atomic E-state index is 3.52. The van der Waals surface area contributed by atoms with Gasteiger partial charge in [0.2, 0.25) is 0 Å². The number of hydrogen-bond acceptors (Lipinski definition) is 1. The van der Waals surface area contributed by atoms with Crippen molar-refractivity contribution in [1.82, 2.24) is 0 Å². The molecule has 0 atom stereocenters. The maximum absolute atomic E-state index is 3.52. The number of aryl methyl sites for hydroxylation is 1. The Hall–Kier alpha value is -1.28. The van der Waals surface area contributed by atoms with E-state index in [1.54, 1.807) is 0 Å². The van der Waals surface area contributed by atoms with Crippen LogP contribution in [0.5, 0.6) is 0 Å². The lowest BCUT2D eigenvalue weighted by Gasteiger charge is -2.11. The molecule has 0 unspecified atom stereocenters. The second-order valence-corrected chi connectivity index (χ2v) is 6.25. The third kappa shape index (κ3) is 3.19. The van der Waals surface area contributed by atoms with Gasteiger partial charge in [0, 0.05) is 16.7 Å². The van der Waals surface area contributed by atoms with Crippen LogP contribution < -0.4 is 5.32 Å². The highest BCUT2D eigenvalue weighted by atomic mass is 79.9. The highest BCUT2D eigenvalue weighted by molar-refractivity contribution is 9.10.